The molecule has 2 rings (SSSR count). The van der Waals surface area contributed by atoms with Crippen LogP contribution in [0, 0.1) is 0 Å². The molecule has 2 aliphatic rings. The lowest BCUT2D eigenvalue weighted by molar-refractivity contribution is -0.145. The van der Waals surface area contributed by atoms with Gasteiger partial charge in [-0.3, -0.25) is 4.90 Å². The standard InChI is InChI=1S/C18H25NO5/c1-4-12(3)17(21)24-15-7-9-19-8-6-14(16(15)19)11-23-18(22)13(5-2)10-20/h4-6,15-16,20H,7-11H2,1-3H3. The number of aliphatic hydroxyl groups is 1. The molecular formula is C18H25NO5. The molecule has 2 atom stereocenters. The van der Waals surface area contributed by atoms with Crippen LogP contribution in [0.15, 0.2) is 34.9 Å². The van der Waals surface area contributed by atoms with Crippen molar-refractivity contribution in [3.63, 3.8) is 0 Å². The van der Waals surface area contributed by atoms with Crippen molar-refractivity contribution < 1.29 is 24.2 Å². The molecular weight excluding hydrogens is 310 g/mol. The molecule has 0 saturated carbocycles. The Morgan fingerprint density at radius 1 is 1.33 bits per heavy atom. The third-order valence-electron chi connectivity index (χ3n) is 4.58. The highest BCUT2D eigenvalue weighted by molar-refractivity contribution is 5.88. The van der Waals surface area contributed by atoms with Crippen LogP contribution in [0.25, 0.3) is 0 Å². The van der Waals surface area contributed by atoms with Crippen LogP contribution < -0.4 is 0 Å². The van der Waals surface area contributed by atoms with Gasteiger partial charge in [-0.2, -0.15) is 0 Å². The van der Waals surface area contributed by atoms with Gasteiger partial charge in [0, 0.05) is 18.7 Å². The lowest BCUT2D eigenvalue weighted by Crippen LogP contribution is -2.36. The van der Waals surface area contributed by atoms with Gasteiger partial charge in [0.15, 0.2) is 0 Å². The zero-order chi connectivity index (χ0) is 17.7. The third kappa shape index (κ3) is 3.94. The van der Waals surface area contributed by atoms with Crippen LogP contribution in [-0.4, -0.2) is 60.4 Å². The van der Waals surface area contributed by atoms with E-state index in [1.54, 1.807) is 26.8 Å². The van der Waals surface area contributed by atoms with Crippen LogP contribution in [0.3, 0.4) is 0 Å². The quantitative estimate of drug-likeness (QED) is 0.449. The normalized spacial score (nSPS) is 24.6. The van der Waals surface area contributed by atoms with Gasteiger partial charge in [0.05, 0.1) is 18.2 Å². The molecule has 0 spiro atoms. The van der Waals surface area contributed by atoms with Crippen molar-refractivity contribution in [1.82, 2.24) is 4.90 Å². The summed E-state index contributed by atoms with van der Waals surface area (Å²) in [5.74, 6) is -0.820. The van der Waals surface area contributed by atoms with Crippen LogP contribution in [0.1, 0.15) is 27.2 Å². The smallest absolute Gasteiger partial charge is 0.336 e. The van der Waals surface area contributed by atoms with Gasteiger partial charge in [0.1, 0.15) is 12.7 Å². The summed E-state index contributed by atoms with van der Waals surface area (Å²) >= 11 is 0. The fraction of sp³-hybridized carbons (Fsp3) is 0.556. The third-order valence-corrected chi connectivity index (χ3v) is 4.58. The van der Waals surface area contributed by atoms with Gasteiger partial charge in [0.2, 0.25) is 0 Å². The van der Waals surface area contributed by atoms with Crippen molar-refractivity contribution >= 4 is 11.9 Å². The monoisotopic (exact) mass is 335 g/mol. The molecule has 6 nitrogen and oxygen atoms in total. The Morgan fingerprint density at radius 2 is 2.08 bits per heavy atom. The molecule has 0 bridgehead atoms. The summed E-state index contributed by atoms with van der Waals surface area (Å²) in [5.41, 5.74) is 1.78. The van der Waals surface area contributed by atoms with E-state index in [0.717, 1.165) is 25.1 Å². The second kappa shape index (κ2) is 8.26. The highest BCUT2D eigenvalue weighted by atomic mass is 16.5. The van der Waals surface area contributed by atoms with Crippen LogP contribution in [-0.2, 0) is 19.1 Å². The predicted molar refractivity (Wildman–Crippen MR) is 89.2 cm³/mol. The van der Waals surface area contributed by atoms with E-state index in [-0.39, 0.29) is 36.9 Å². The molecule has 2 aliphatic heterocycles. The van der Waals surface area contributed by atoms with Gasteiger partial charge in [-0.25, -0.2) is 9.59 Å². The number of hydrogen-bond acceptors (Lipinski definition) is 6. The molecule has 0 amide bonds. The number of esters is 2. The molecule has 132 valence electrons. The summed E-state index contributed by atoms with van der Waals surface area (Å²) in [6.07, 6.45) is 5.84. The Balaban J connectivity index is 1.97. The molecule has 0 aliphatic carbocycles. The number of ether oxygens (including phenoxy) is 2. The minimum absolute atomic E-state index is 0.0328. The molecule has 1 fully saturated rings. The summed E-state index contributed by atoms with van der Waals surface area (Å²) in [5, 5.41) is 9.10. The SMILES string of the molecule is CC=C(C)C(=O)OC1CCN2CC=C(COC(=O)C(=CC)CO)C12. The number of nitrogens with zero attached hydrogens (tertiary/aromatic N) is 1. The molecule has 0 aromatic heterocycles. The fourth-order valence-corrected chi connectivity index (χ4v) is 2.99. The Morgan fingerprint density at radius 3 is 2.71 bits per heavy atom. The number of aliphatic hydroxyl groups excluding tert-OH is 1. The molecule has 2 heterocycles. The van der Waals surface area contributed by atoms with E-state index in [9.17, 15) is 9.59 Å². The summed E-state index contributed by atoms with van der Waals surface area (Å²) in [6, 6.07) is -0.0328. The van der Waals surface area contributed by atoms with Gasteiger partial charge in [0.25, 0.3) is 0 Å². The Bertz CT molecular complexity index is 590. The molecule has 6 heteroatoms. The summed E-state index contributed by atoms with van der Waals surface area (Å²) in [7, 11) is 0. The summed E-state index contributed by atoms with van der Waals surface area (Å²) in [4.78, 5) is 26.1. The minimum Gasteiger partial charge on any atom is -0.458 e. The van der Waals surface area contributed by atoms with Gasteiger partial charge in [-0.05, 0) is 32.8 Å². The number of hydrogen-bond donors (Lipinski definition) is 1. The molecule has 2 unspecified atom stereocenters. The van der Waals surface area contributed by atoms with E-state index in [2.05, 4.69) is 4.90 Å². The second-order valence-corrected chi connectivity index (χ2v) is 5.97. The zero-order valence-corrected chi connectivity index (χ0v) is 14.4. The molecule has 0 aromatic rings. The summed E-state index contributed by atoms with van der Waals surface area (Å²) < 4.78 is 10.9. The fourth-order valence-electron chi connectivity index (χ4n) is 2.99. The maximum Gasteiger partial charge on any atom is 0.336 e. The second-order valence-electron chi connectivity index (χ2n) is 5.97. The molecule has 1 N–H and O–H groups in total. The average Bonchev–Trinajstić information content (AvgIpc) is 3.16. The van der Waals surface area contributed by atoms with Gasteiger partial charge in [-0.15, -0.1) is 0 Å². The van der Waals surface area contributed by atoms with E-state index >= 15 is 0 Å². The highest BCUT2D eigenvalue weighted by Gasteiger charge is 2.42. The number of allylic oxidation sites excluding steroid dienone is 2. The highest BCUT2D eigenvalue weighted by Crippen LogP contribution is 2.31. The van der Waals surface area contributed by atoms with Crippen LogP contribution in [0.4, 0.5) is 0 Å². The topological polar surface area (TPSA) is 76.1 Å². The first-order valence-electron chi connectivity index (χ1n) is 8.21. The Hall–Kier alpha value is -1.92. The van der Waals surface area contributed by atoms with Crippen LogP contribution in [0.2, 0.25) is 0 Å². The number of fused-ring (bicyclic) bond motifs is 1. The Kier molecular flexibility index (Phi) is 6.34. The van der Waals surface area contributed by atoms with Crippen molar-refractivity contribution in [3.05, 3.63) is 34.9 Å². The van der Waals surface area contributed by atoms with Crippen molar-refractivity contribution in [2.75, 3.05) is 26.3 Å². The van der Waals surface area contributed by atoms with Crippen LogP contribution in [0.5, 0.6) is 0 Å². The van der Waals surface area contributed by atoms with Gasteiger partial charge >= 0.3 is 11.9 Å². The lowest BCUT2D eigenvalue weighted by Gasteiger charge is -2.24. The zero-order valence-electron chi connectivity index (χ0n) is 14.4. The van der Waals surface area contributed by atoms with E-state index in [0.29, 0.717) is 5.57 Å². The van der Waals surface area contributed by atoms with Gasteiger partial charge < -0.3 is 14.6 Å². The number of carbonyl (C=O) groups is 2. The van der Waals surface area contributed by atoms with E-state index in [4.69, 9.17) is 14.6 Å². The first-order chi connectivity index (χ1) is 11.5. The number of rotatable bonds is 6. The first-order valence-corrected chi connectivity index (χ1v) is 8.21. The summed E-state index contributed by atoms with van der Waals surface area (Å²) in [6.45, 7) is 6.64. The predicted octanol–water partition coefficient (Wildman–Crippen LogP) is 1.36. The first kappa shape index (κ1) is 18.4. The van der Waals surface area contributed by atoms with Crippen molar-refractivity contribution in [2.45, 2.75) is 39.3 Å². The molecule has 24 heavy (non-hydrogen) atoms. The van der Waals surface area contributed by atoms with E-state index in [1.807, 2.05) is 6.08 Å². The van der Waals surface area contributed by atoms with Crippen molar-refractivity contribution in [3.8, 4) is 0 Å². The molecule has 0 aromatic carbocycles. The molecule has 0 radical (unpaired) electrons. The largest absolute Gasteiger partial charge is 0.458 e. The Labute approximate surface area is 142 Å². The van der Waals surface area contributed by atoms with E-state index in [1.165, 1.54) is 6.08 Å². The maximum atomic E-state index is 12.0. The van der Waals surface area contributed by atoms with Crippen molar-refractivity contribution in [2.24, 2.45) is 0 Å². The van der Waals surface area contributed by atoms with Crippen LogP contribution >= 0.6 is 0 Å². The average molecular weight is 335 g/mol. The maximum absolute atomic E-state index is 12.0. The minimum atomic E-state index is -0.518. The molecule has 1 saturated heterocycles. The van der Waals surface area contributed by atoms with Crippen molar-refractivity contribution in [1.29, 1.82) is 0 Å². The van der Waals surface area contributed by atoms with Gasteiger partial charge in [-0.1, -0.05) is 18.2 Å². The van der Waals surface area contributed by atoms with E-state index < -0.39 is 5.97 Å². The lowest BCUT2D eigenvalue weighted by atomic mass is 10.0. The number of carbonyl (C=O) groups excluding carboxylic acids is 2.